The first-order valence-corrected chi connectivity index (χ1v) is 7.56. The van der Waals surface area contributed by atoms with E-state index in [0.29, 0.717) is 12.8 Å². The molecule has 114 valence electrons. The first-order chi connectivity index (χ1) is 9.20. The van der Waals surface area contributed by atoms with Crippen molar-refractivity contribution in [2.45, 2.75) is 76.7 Å². The van der Waals surface area contributed by atoms with Crippen LogP contribution in [0.3, 0.4) is 0 Å². The van der Waals surface area contributed by atoms with Gasteiger partial charge in [0.15, 0.2) is 0 Å². The molecule has 0 heterocycles. The summed E-state index contributed by atoms with van der Waals surface area (Å²) in [5, 5.41) is 17.8. The highest BCUT2D eigenvalue weighted by Crippen LogP contribution is 2.12. The third-order valence-corrected chi connectivity index (χ3v) is 3.36. The Morgan fingerprint density at radius 1 is 0.947 bits per heavy atom. The number of ether oxygens (including phenoxy) is 1. The predicted octanol–water partition coefficient (Wildman–Crippen LogP) is 2.80. The molecule has 0 saturated carbocycles. The highest BCUT2D eigenvalue weighted by molar-refractivity contribution is 5.68. The molecule has 4 nitrogen and oxygen atoms in total. The van der Waals surface area contributed by atoms with Gasteiger partial charge in [0.05, 0.1) is 19.8 Å². The zero-order valence-electron chi connectivity index (χ0n) is 12.3. The number of rotatable bonds is 13. The van der Waals surface area contributed by atoms with Crippen LogP contribution in [-0.2, 0) is 9.53 Å². The van der Waals surface area contributed by atoms with E-state index in [-0.39, 0.29) is 12.6 Å². The van der Waals surface area contributed by atoms with Gasteiger partial charge in [0.2, 0.25) is 0 Å². The molecule has 0 rings (SSSR count). The monoisotopic (exact) mass is 274 g/mol. The fourth-order valence-electron chi connectivity index (χ4n) is 2.08. The summed E-state index contributed by atoms with van der Waals surface area (Å²) in [6.45, 7) is -0.119. The molecule has 0 fully saturated rings. The number of hydrogen-bond acceptors (Lipinski definition) is 4. The van der Waals surface area contributed by atoms with Crippen LogP contribution >= 0.6 is 0 Å². The number of hydrogen-bond donors (Lipinski definition) is 2. The molecule has 0 aromatic heterocycles. The number of aliphatic hydroxyl groups excluding tert-OH is 2. The Labute approximate surface area is 117 Å². The summed E-state index contributed by atoms with van der Waals surface area (Å²) >= 11 is 0. The fraction of sp³-hybridized carbons (Fsp3) is 0.933. The van der Waals surface area contributed by atoms with Crippen molar-refractivity contribution in [1.29, 1.82) is 0 Å². The van der Waals surface area contributed by atoms with Gasteiger partial charge in [-0.3, -0.25) is 4.79 Å². The van der Waals surface area contributed by atoms with Gasteiger partial charge in [-0.05, 0) is 12.8 Å². The van der Waals surface area contributed by atoms with E-state index in [1.54, 1.807) is 0 Å². The van der Waals surface area contributed by atoms with Gasteiger partial charge < -0.3 is 14.9 Å². The molecule has 0 bridgehead atoms. The summed E-state index contributed by atoms with van der Waals surface area (Å²) < 4.78 is 4.59. The van der Waals surface area contributed by atoms with Gasteiger partial charge in [0.1, 0.15) is 0 Å². The lowest BCUT2D eigenvalue weighted by molar-refractivity contribution is -0.140. The Morgan fingerprint density at radius 2 is 1.42 bits per heavy atom. The van der Waals surface area contributed by atoms with Gasteiger partial charge in [-0.25, -0.2) is 0 Å². The molecule has 0 aliphatic rings. The molecule has 4 heteroatoms. The van der Waals surface area contributed by atoms with Gasteiger partial charge in [0.25, 0.3) is 0 Å². The van der Waals surface area contributed by atoms with Gasteiger partial charge in [-0.2, -0.15) is 0 Å². The molecule has 0 aromatic rings. The van der Waals surface area contributed by atoms with Crippen LogP contribution < -0.4 is 0 Å². The SMILES string of the molecule is COC(=O)CCCCCCCCCCCC(O)CO. The summed E-state index contributed by atoms with van der Waals surface area (Å²) in [4.78, 5) is 10.9. The fourth-order valence-corrected chi connectivity index (χ4v) is 2.08. The molecular formula is C15H30O4. The van der Waals surface area contributed by atoms with Crippen LogP contribution in [-0.4, -0.2) is 36.0 Å². The number of unbranched alkanes of at least 4 members (excludes halogenated alkanes) is 8. The Hall–Kier alpha value is -0.610. The van der Waals surface area contributed by atoms with Gasteiger partial charge >= 0.3 is 5.97 Å². The molecule has 0 aliphatic heterocycles. The Bertz CT molecular complexity index is 206. The van der Waals surface area contributed by atoms with Crippen molar-refractivity contribution >= 4 is 5.97 Å². The molecule has 0 spiro atoms. The van der Waals surface area contributed by atoms with E-state index in [4.69, 9.17) is 10.2 Å². The average molecular weight is 274 g/mol. The minimum Gasteiger partial charge on any atom is -0.469 e. The van der Waals surface area contributed by atoms with Gasteiger partial charge in [-0.1, -0.05) is 51.4 Å². The van der Waals surface area contributed by atoms with E-state index in [1.807, 2.05) is 0 Å². The normalized spacial score (nSPS) is 12.4. The summed E-state index contributed by atoms with van der Waals surface area (Å²) in [6.07, 6.45) is 11.0. The number of esters is 1. The second-order valence-corrected chi connectivity index (χ2v) is 5.13. The largest absolute Gasteiger partial charge is 0.469 e. The maximum Gasteiger partial charge on any atom is 0.305 e. The van der Waals surface area contributed by atoms with Crippen molar-refractivity contribution in [2.24, 2.45) is 0 Å². The highest BCUT2D eigenvalue weighted by Gasteiger charge is 2.01. The molecule has 19 heavy (non-hydrogen) atoms. The van der Waals surface area contributed by atoms with Crippen LogP contribution in [0.4, 0.5) is 0 Å². The number of methoxy groups -OCH3 is 1. The first kappa shape index (κ1) is 18.4. The van der Waals surface area contributed by atoms with Crippen LogP contribution in [0, 0.1) is 0 Å². The number of carbonyl (C=O) groups is 1. The summed E-state index contributed by atoms with van der Waals surface area (Å²) in [5.41, 5.74) is 0. The lowest BCUT2D eigenvalue weighted by Crippen LogP contribution is -2.10. The zero-order valence-corrected chi connectivity index (χ0v) is 12.3. The van der Waals surface area contributed by atoms with Crippen LogP contribution in [0.15, 0.2) is 0 Å². The molecule has 0 aromatic carbocycles. The lowest BCUT2D eigenvalue weighted by atomic mass is 10.0. The highest BCUT2D eigenvalue weighted by atomic mass is 16.5. The molecule has 0 aliphatic carbocycles. The molecular weight excluding hydrogens is 244 g/mol. The predicted molar refractivity (Wildman–Crippen MR) is 75.9 cm³/mol. The van der Waals surface area contributed by atoms with Crippen LogP contribution in [0.5, 0.6) is 0 Å². The van der Waals surface area contributed by atoms with Crippen molar-refractivity contribution in [3.05, 3.63) is 0 Å². The Balaban J connectivity index is 3.05. The maximum atomic E-state index is 10.9. The van der Waals surface area contributed by atoms with Crippen molar-refractivity contribution in [3.8, 4) is 0 Å². The molecule has 0 saturated heterocycles. The summed E-state index contributed by atoms with van der Waals surface area (Å²) in [6, 6.07) is 0. The van der Waals surface area contributed by atoms with Crippen molar-refractivity contribution in [2.75, 3.05) is 13.7 Å². The summed E-state index contributed by atoms with van der Waals surface area (Å²) in [7, 11) is 1.43. The lowest BCUT2D eigenvalue weighted by Gasteiger charge is -2.06. The van der Waals surface area contributed by atoms with E-state index in [2.05, 4.69) is 4.74 Å². The number of carbonyl (C=O) groups excluding carboxylic acids is 1. The quantitative estimate of drug-likeness (QED) is 0.400. The van der Waals surface area contributed by atoms with Crippen LogP contribution in [0.25, 0.3) is 0 Å². The van der Waals surface area contributed by atoms with Crippen molar-refractivity contribution < 1.29 is 19.7 Å². The second kappa shape index (κ2) is 13.8. The Morgan fingerprint density at radius 3 is 1.89 bits per heavy atom. The van der Waals surface area contributed by atoms with E-state index in [1.165, 1.54) is 39.2 Å². The van der Waals surface area contributed by atoms with Crippen LogP contribution in [0.1, 0.15) is 70.6 Å². The minimum absolute atomic E-state index is 0.106. The average Bonchev–Trinajstić information content (AvgIpc) is 2.43. The van der Waals surface area contributed by atoms with Gasteiger partial charge in [0, 0.05) is 6.42 Å². The standard InChI is InChI=1S/C15H30O4/c1-19-15(18)12-10-8-6-4-2-3-5-7-9-11-14(17)13-16/h14,16-17H,2-13H2,1H3. The second-order valence-electron chi connectivity index (χ2n) is 5.13. The third-order valence-electron chi connectivity index (χ3n) is 3.36. The first-order valence-electron chi connectivity index (χ1n) is 7.56. The number of aliphatic hydroxyl groups is 2. The minimum atomic E-state index is -0.533. The van der Waals surface area contributed by atoms with Gasteiger partial charge in [-0.15, -0.1) is 0 Å². The third kappa shape index (κ3) is 13.6. The van der Waals surface area contributed by atoms with Crippen LogP contribution in [0.2, 0.25) is 0 Å². The Kier molecular flexibility index (Phi) is 13.4. The van der Waals surface area contributed by atoms with Crippen molar-refractivity contribution in [3.63, 3.8) is 0 Å². The van der Waals surface area contributed by atoms with Crippen molar-refractivity contribution in [1.82, 2.24) is 0 Å². The molecule has 1 unspecified atom stereocenters. The smallest absolute Gasteiger partial charge is 0.305 e. The van der Waals surface area contributed by atoms with E-state index in [0.717, 1.165) is 25.7 Å². The maximum absolute atomic E-state index is 10.9. The molecule has 0 amide bonds. The zero-order chi connectivity index (χ0) is 14.3. The summed E-state index contributed by atoms with van der Waals surface area (Å²) in [5.74, 6) is -0.106. The topological polar surface area (TPSA) is 66.8 Å². The molecule has 0 radical (unpaired) electrons. The molecule has 1 atom stereocenters. The van der Waals surface area contributed by atoms with E-state index < -0.39 is 6.10 Å². The van der Waals surface area contributed by atoms with E-state index >= 15 is 0 Å². The molecule has 2 N–H and O–H groups in total. The van der Waals surface area contributed by atoms with E-state index in [9.17, 15) is 4.79 Å².